The molecule has 1 radical (unpaired) electrons. The van der Waals surface area contributed by atoms with Crippen LogP contribution in [-0.2, 0) is 0 Å². The van der Waals surface area contributed by atoms with Gasteiger partial charge in [0, 0.05) is 6.20 Å². The standard InChI is InChI=1S/C9H7N2O/c12-9-5-2-1-4-8(9)11-7-3-6-10-11/h1-5,7,12H. The van der Waals surface area contributed by atoms with Crippen molar-refractivity contribution in [2.24, 2.45) is 0 Å². The highest BCUT2D eigenvalue weighted by Gasteiger charge is 2.00. The molecule has 0 aliphatic carbocycles. The van der Waals surface area contributed by atoms with E-state index in [4.69, 9.17) is 0 Å². The number of hydrogen-bond donors (Lipinski definition) is 1. The highest BCUT2D eigenvalue weighted by molar-refractivity contribution is 5.44. The molecule has 0 aliphatic rings. The molecule has 0 spiro atoms. The van der Waals surface area contributed by atoms with E-state index in [1.807, 2.05) is 6.07 Å². The van der Waals surface area contributed by atoms with Gasteiger partial charge in [0.05, 0.1) is 0 Å². The summed E-state index contributed by atoms with van der Waals surface area (Å²) < 4.78 is 1.56. The summed E-state index contributed by atoms with van der Waals surface area (Å²) in [7, 11) is 0. The molecule has 0 saturated carbocycles. The lowest BCUT2D eigenvalue weighted by Crippen LogP contribution is -1.93. The van der Waals surface area contributed by atoms with E-state index < -0.39 is 0 Å². The van der Waals surface area contributed by atoms with Crippen LogP contribution in [0, 0.1) is 6.20 Å². The second-order valence-corrected chi connectivity index (χ2v) is 2.38. The van der Waals surface area contributed by atoms with E-state index in [9.17, 15) is 5.11 Å². The summed E-state index contributed by atoms with van der Waals surface area (Å²) in [6.07, 6.45) is 4.39. The Morgan fingerprint density at radius 1 is 1.33 bits per heavy atom. The Morgan fingerprint density at radius 3 is 2.83 bits per heavy atom. The molecule has 2 rings (SSSR count). The van der Waals surface area contributed by atoms with Crippen molar-refractivity contribution < 1.29 is 5.11 Å². The number of aromatic nitrogens is 2. The summed E-state index contributed by atoms with van der Waals surface area (Å²) in [5, 5.41) is 13.3. The van der Waals surface area contributed by atoms with Crippen LogP contribution in [0.4, 0.5) is 0 Å². The van der Waals surface area contributed by atoms with Crippen LogP contribution < -0.4 is 0 Å². The zero-order valence-electron chi connectivity index (χ0n) is 6.31. The zero-order valence-corrected chi connectivity index (χ0v) is 6.31. The van der Waals surface area contributed by atoms with Gasteiger partial charge in [0.1, 0.15) is 17.6 Å². The molecule has 0 aliphatic heterocycles. The number of benzene rings is 1. The van der Waals surface area contributed by atoms with Crippen molar-refractivity contribution in [2.45, 2.75) is 0 Å². The zero-order chi connectivity index (χ0) is 8.39. The molecule has 0 unspecified atom stereocenters. The summed E-state index contributed by atoms with van der Waals surface area (Å²) >= 11 is 0. The van der Waals surface area contributed by atoms with Gasteiger partial charge in [-0.05, 0) is 18.2 Å². The van der Waals surface area contributed by atoms with Crippen molar-refractivity contribution in [2.75, 3.05) is 0 Å². The van der Waals surface area contributed by atoms with Gasteiger partial charge in [-0.3, -0.25) is 0 Å². The predicted molar refractivity (Wildman–Crippen MR) is 44.1 cm³/mol. The van der Waals surface area contributed by atoms with Crippen LogP contribution in [0.1, 0.15) is 0 Å². The summed E-state index contributed by atoms with van der Waals surface area (Å²) in [5.41, 5.74) is 0.666. The van der Waals surface area contributed by atoms with Crippen molar-refractivity contribution in [1.29, 1.82) is 0 Å². The monoisotopic (exact) mass is 159 g/mol. The average Bonchev–Trinajstić information content (AvgIpc) is 2.57. The lowest BCUT2D eigenvalue weighted by atomic mass is 10.3. The molecule has 1 N–H and O–H groups in total. The molecule has 0 fully saturated rings. The second-order valence-electron chi connectivity index (χ2n) is 2.38. The van der Waals surface area contributed by atoms with E-state index in [0.717, 1.165) is 0 Å². The summed E-state index contributed by atoms with van der Waals surface area (Å²) in [4.78, 5) is 0. The highest BCUT2D eigenvalue weighted by atomic mass is 16.3. The number of para-hydroxylation sites is 2. The highest BCUT2D eigenvalue weighted by Crippen LogP contribution is 2.18. The first-order valence-corrected chi connectivity index (χ1v) is 3.58. The Balaban J connectivity index is 2.55. The third-order valence-corrected chi connectivity index (χ3v) is 1.58. The van der Waals surface area contributed by atoms with E-state index in [1.165, 1.54) is 0 Å². The van der Waals surface area contributed by atoms with Gasteiger partial charge in [-0.15, -0.1) is 0 Å². The van der Waals surface area contributed by atoms with Crippen LogP contribution in [0.5, 0.6) is 5.75 Å². The molecule has 0 atom stereocenters. The minimum Gasteiger partial charge on any atom is -0.506 e. The number of phenolic OH excluding ortho intramolecular Hbond substituents is 1. The second kappa shape index (κ2) is 2.70. The molecule has 1 heterocycles. The quantitative estimate of drug-likeness (QED) is 0.682. The number of hydrogen-bond acceptors (Lipinski definition) is 2. The fraction of sp³-hybridized carbons (Fsp3) is 0. The van der Waals surface area contributed by atoms with Gasteiger partial charge >= 0.3 is 0 Å². The molecule has 0 saturated heterocycles. The van der Waals surface area contributed by atoms with Crippen molar-refractivity contribution in [3.63, 3.8) is 0 Å². The Morgan fingerprint density at radius 2 is 2.17 bits per heavy atom. The lowest BCUT2D eigenvalue weighted by Gasteiger charge is -2.02. The van der Waals surface area contributed by atoms with Gasteiger partial charge in [0.15, 0.2) is 0 Å². The SMILES string of the molecule is Oc1ccccc1-n1cc[c]n1. The Hall–Kier alpha value is -1.77. The number of rotatable bonds is 1. The van der Waals surface area contributed by atoms with Gasteiger partial charge in [-0.1, -0.05) is 12.1 Å². The van der Waals surface area contributed by atoms with Gasteiger partial charge in [-0.2, -0.15) is 5.10 Å². The molecule has 1 aromatic carbocycles. The minimum absolute atomic E-state index is 0.217. The van der Waals surface area contributed by atoms with E-state index in [2.05, 4.69) is 11.3 Å². The van der Waals surface area contributed by atoms with Gasteiger partial charge in [-0.25, -0.2) is 4.68 Å². The van der Waals surface area contributed by atoms with Crippen LogP contribution in [0.25, 0.3) is 5.69 Å². The van der Waals surface area contributed by atoms with Crippen LogP contribution in [-0.4, -0.2) is 14.9 Å². The van der Waals surface area contributed by atoms with Crippen molar-refractivity contribution >= 4 is 0 Å². The maximum atomic E-state index is 9.41. The molecule has 0 amide bonds. The van der Waals surface area contributed by atoms with E-state index >= 15 is 0 Å². The predicted octanol–water partition coefficient (Wildman–Crippen LogP) is 1.38. The van der Waals surface area contributed by atoms with Crippen molar-refractivity contribution in [3.05, 3.63) is 42.7 Å². The molecule has 59 valence electrons. The minimum atomic E-state index is 0.217. The number of nitrogens with zero attached hydrogens (tertiary/aromatic N) is 2. The van der Waals surface area contributed by atoms with Gasteiger partial charge < -0.3 is 5.11 Å². The third-order valence-electron chi connectivity index (χ3n) is 1.58. The first kappa shape index (κ1) is 6.91. The summed E-state index contributed by atoms with van der Waals surface area (Å²) in [6.45, 7) is 0. The Bertz CT molecular complexity index is 368. The van der Waals surface area contributed by atoms with Crippen molar-refractivity contribution in [3.8, 4) is 11.4 Å². The number of aromatic hydroxyl groups is 1. The Kier molecular flexibility index (Phi) is 1.55. The molecule has 12 heavy (non-hydrogen) atoms. The molecule has 1 aromatic heterocycles. The maximum Gasteiger partial charge on any atom is 0.141 e. The lowest BCUT2D eigenvalue weighted by molar-refractivity contribution is 0.470. The van der Waals surface area contributed by atoms with E-state index in [0.29, 0.717) is 5.69 Å². The van der Waals surface area contributed by atoms with Crippen LogP contribution in [0.3, 0.4) is 0 Å². The summed E-state index contributed by atoms with van der Waals surface area (Å²) in [5.74, 6) is 0.217. The largest absolute Gasteiger partial charge is 0.506 e. The normalized spacial score (nSPS) is 10.0. The van der Waals surface area contributed by atoms with E-state index in [-0.39, 0.29) is 5.75 Å². The molecular weight excluding hydrogens is 152 g/mol. The first-order valence-electron chi connectivity index (χ1n) is 3.58. The maximum absolute atomic E-state index is 9.41. The van der Waals surface area contributed by atoms with E-state index in [1.54, 1.807) is 35.1 Å². The van der Waals surface area contributed by atoms with Crippen LogP contribution in [0.15, 0.2) is 36.5 Å². The Labute approximate surface area is 69.9 Å². The molecule has 3 nitrogen and oxygen atoms in total. The first-order chi connectivity index (χ1) is 5.88. The van der Waals surface area contributed by atoms with Crippen LogP contribution in [0.2, 0.25) is 0 Å². The number of phenols is 1. The van der Waals surface area contributed by atoms with Gasteiger partial charge in [0.2, 0.25) is 0 Å². The average molecular weight is 159 g/mol. The van der Waals surface area contributed by atoms with Gasteiger partial charge in [0.25, 0.3) is 0 Å². The van der Waals surface area contributed by atoms with Crippen molar-refractivity contribution in [1.82, 2.24) is 9.78 Å². The fourth-order valence-electron chi connectivity index (χ4n) is 1.02. The van der Waals surface area contributed by atoms with Crippen LogP contribution >= 0.6 is 0 Å². The molecule has 0 bridgehead atoms. The third kappa shape index (κ3) is 1.05. The molecule has 3 heteroatoms. The molecule has 2 aromatic rings. The fourth-order valence-corrected chi connectivity index (χ4v) is 1.02. The summed E-state index contributed by atoms with van der Waals surface area (Å²) in [6, 6.07) is 8.71. The molecular formula is C9H7N2O. The smallest absolute Gasteiger partial charge is 0.141 e. The topological polar surface area (TPSA) is 38.0 Å².